The Balaban J connectivity index is 0.00000288. The SMILES string of the molecule is Cl.NCC1(C(=O)Nc2ccc(CCC(F)(F)F)cc2)CCOCC1. The van der Waals surface area contributed by atoms with Crippen LogP contribution >= 0.6 is 12.4 Å². The van der Waals surface area contributed by atoms with Crippen molar-refractivity contribution >= 4 is 24.0 Å². The summed E-state index contributed by atoms with van der Waals surface area (Å²) in [6.07, 6.45) is -3.95. The van der Waals surface area contributed by atoms with Crippen LogP contribution in [0.2, 0.25) is 0 Å². The van der Waals surface area contributed by atoms with E-state index in [9.17, 15) is 18.0 Å². The van der Waals surface area contributed by atoms with Gasteiger partial charge in [-0.15, -0.1) is 12.4 Å². The second kappa shape index (κ2) is 8.69. The summed E-state index contributed by atoms with van der Waals surface area (Å²) in [5.74, 6) is -0.161. The van der Waals surface area contributed by atoms with E-state index in [2.05, 4.69) is 5.32 Å². The summed E-state index contributed by atoms with van der Waals surface area (Å²) in [4.78, 5) is 12.5. The Morgan fingerprint density at radius 2 is 1.79 bits per heavy atom. The summed E-state index contributed by atoms with van der Waals surface area (Å²) < 4.78 is 41.9. The number of aryl methyl sites for hydroxylation is 1. The molecule has 0 aromatic heterocycles. The van der Waals surface area contributed by atoms with E-state index in [1.54, 1.807) is 24.3 Å². The number of alkyl halides is 3. The lowest BCUT2D eigenvalue weighted by Crippen LogP contribution is -2.46. The molecule has 1 aliphatic rings. The number of nitrogens with one attached hydrogen (secondary N) is 1. The highest BCUT2D eigenvalue weighted by Crippen LogP contribution is 2.31. The van der Waals surface area contributed by atoms with Crippen molar-refractivity contribution in [2.24, 2.45) is 11.1 Å². The maximum Gasteiger partial charge on any atom is 0.389 e. The van der Waals surface area contributed by atoms with E-state index in [1.807, 2.05) is 0 Å². The Bertz CT molecular complexity index is 529. The first-order valence-electron chi connectivity index (χ1n) is 7.60. The van der Waals surface area contributed by atoms with Crippen molar-refractivity contribution in [3.8, 4) is 0 Å². The van der Waals surface area contributed by atoms with Crippen LogP contribution in [0, 0.1) is 5.41 Å². The van der Waals surface area contributed by atoms with Crippen molar-refractivity contribution in [3.63, 3.8) is 0 Å². The molecular formula is C16H22ClF3N2O2. The zero-order valence-corrected chi connectivity index (χ0v) is 14.0. The largest absolute Gasteiger partial charge is 0.389 e. The van der Waals surface area contributed by atoms with Crippen LogP contribution < -0.4 is 11.1 Å². The number of hydrogen-bond donors (Lipinski definition) is 2. The average Bonchev–Trinajstić information content (AvgIpc) is 2.54. The molecule has 8 heteroatoms. The highest BCUT2D eigenvalue weighted by molar-refractivity contribution is 5.95. The van der Waals surface area contributed by atoms with Gasteiger partial charge in [0.2, 0.25) is 5.91 Å². The minimum Gasteiger partial charge on any atom is -0.381 e. The highest BCUT2D eigenvalue weighted by atomic mass is 35.5. The van der Waals surface area contributed by atoms with E-state index < -0.39 is 18.0 Å². The molecule has 0 atom stereocenters. The van der Waals surface area contributed by atoms with E-state index >= 15 is 0 Å². The van der Waals surface area contributed by atoms with E-state index in [-0.39, 0.29) is 31.3 Å². The zero-order valence-electron chi connectivity index (χ0n) is 13.2. The Morgan fingerprint density at radius 3 is 2.29 bits per heavy atom. The van der Waals surface area contributed by atoms with Gasteiger partial charge in [0.15, 0.2) is 0 Å². The molecule has 1 heterocycles. The summed E-state index contributed by atoms with van der Waals surface area (Å²) in [5, 5.41) is 2.81. The van der Waals surface area contributed by atoms with Crippen molar-refractivity contribution in [2.75, 3.05) is 25.1 Å². The molecular weight excluding hydrogens is 345 g/mol. The summed E-state index contributed by atoms with van der Waals surface area (Å²) in [6.45, 7) is 1.24. The van der Waals surface area contributed by atoms with Gasteiger partial charge in [-0.05, 0) is 37.0 Å². The maximum absolute atomic E-state index is 12.5. The predicted octanol–water partition coefficient (Wildman–Crippen LogP) is 3.30. The fourth-order valence-corrected chi connectivity index (χ4v) is 2.59. The van der Waals surface area contributed by atoms with Crippen molar-refractivity contribution < 1.29 is 22.7 Å². The molecule has 2 rings (SSSR count). The first-order valence-corrected chi connectivity index (χ1v) is 7.60. The third kappa shape index (κ3) is 5.65. The number of carbonyl (C=O) groups excluding carboxylic acids is 1. The second-order valence-corrected chi connectivity index (χ2v) is 5.86. The van der Waals surface area contributed by atoms with Crippen molar-refractivity contribution in [1.82, 2.24) is 0 Å². The van der Waals surface area contributed by atoms with Crippen molar-refractivity contribution in [3.05, 3.63) is 29.8 Å². The molecule has 24 heavy (non-hydrogen) atoms. The molecule has 1 saturated heterocycles. The number of hydrogen-bond acceptors (Lipinski definition) is 3. The summed E-state index contributed by atoms with van der Waals surface area (Å²) in [7, 11) is 0. The zero-order chi connectivity index (χ0) is 16.9. The van der Waals surface area contributed by atoms with Gasteiger partial charge in [-0.25, -0.2) is 0 Å². The van der Waals surface area contributed by atoms with Crippen molar-refractivity contribution in [2.45, 2.75) is 31.9 Å². The number of rotatable bonds is 5. The van der Waals surface area contributed by atoms with Gasteiger partial charge in [-0.2, -0.15) is 13.2 Å². The summed E-state index contributed by atoms with van der Waals surface area (Å²) in [5.41, 5.74) is 6.29. The third-order valence-electron chi connectivity index (χ3n) is 4.23. The Kier molecular flexibility index (Phi) is 7.51. The highest BCUT2D eigenvalue weighted by Gasteiger charge is 2.38. The second-order valence-electron chi connectivity index (χ2n) is 5.86. The first-order chi connectivity index (χ1) is 10.8. The number of halogens is 4. The molecule has 0 unspecified atom stereocenters. The maximum atomic E-state index is 12.5. The van der Waals surface area contributed by atoms with Crippen LogP contribution in [0.5, 0.6) is 0 Å². The number of carbonyl (C=O) groups is 1. The fourth-order valence-electron chi connectivity index (χ4n) is 2.59. The third-order valence-corrected chi connectivity index (χ3v) is 4.23. The molecule has 136 valence electrons. The quantitative estimate of drug-likeness (QED) is 0.840. The molecule has 0 aliphatic carbocycles. The number of benzene rings is 1. The molecule has 1 aromatic carbocycles. The topological polar surface area (TPSA) is 64.4 Å². The van der Waals surface area contributed by atoms with Crippen LogP contribution in [0.25, 0.3) is 0 Å². The van der Waals surface area contributed by atoms with Gasteiger partial charge in [-0.1, -0.05) is 12.1 Å². The van der Waals surface area contributed by atoms with Gasteiger partial charge >= 0.3 is 6.18 Å². The predicted molar refractivity (Wildman–Crippen MR) is 88.2 cm³/mol. The van der Waals surface area contributed by atoms with E-state index in [1.165, 1.54) is 0 Å². The normalized spacial score (nSPS) is 17.0. The summed E-state index contributed by atoms with van der Waals surface area (Å²) in [6, 6.07) is 6.43. The molecule has 0 radical (unpaired) electrons. The van der Waals surface area contributed by atoms with Gasteiger partial charge in [0.05, 0.1) is 5.41 Å². The number of amides is 1. The molecule has 0 spiro atoms. The van der Waals surface area contributed by atoms with Crippen LogP contribution in [0.1, 0.15) is 24.8 Å². The van der Waals surface area contributed by atoms with Crippen LogP contribution in [0.4, 0.5) is 18.9 Å². The van der Waals surface area contributed by atoms with Crippen LogP contribution in [0.3, 0.4) is 0 Å². The minimum atomic E-state index is -4.16. The van der Waals surface area contributed by atoms with Gasteiger partial charge < -0.3 is 15.8 Å². The summed E-state index contributed by atoms with van der Waals surface area (Å²) >= 11 is 0. The average molecular weight is 367 g/mol. The molecule has 1 aromatic rings. The van der Waals surface area contributed by atoms with Gasteiger partial charge in [0.1, 0.15) is 0 Å². The lowest BCUT2D eigenvalue weighted by atomic mass is 9.79. The first kappa shape index (κ1) is 20.7. The monoisotopic (exact) mass is 366 g/mol. The minimum absolute atomic E-state index is 0. The van der Waals surface area contributed by atoms with Crippen LogP contribution in [0.15, 0.2) is 24.3 Å². The number of nitrogens with two attached hydrogens (primary N) is 1. The van der Waals surface area contributed by atoms with Gasteiger partial charge in [0, 0.05) is 31.9 Å². The van der Waals surface area contributed by atoms with E-state index in [4.69, 9.17) is 10.5 Å². The Hall–Kier alpha value is -1.31. The smallest absolute Gasteiger partial charge is 0.381 e. The molecule has 1 amide bonds. The molecule has 3 N–H and O–H groups in total. The van der Waals surface area contributed by atoms with Gasteiger partial charge in [0.25, 0.3) is 0 Å². The van der Waals surface area contributed by atoms with E-state index in [0.29, 0.717) is 37.3 Å². The number of anilines is 1. The number of ether oxygens (including phenoxy) is 1. The van der Waals surface area contributed by atoms with Crippen molar-refractivity contribution in [1.29, 1.82) is 0 Å². The van der Waals surface area contributed by atoms with Crippen LogP contribution in [-0.2, 0) is 16.0 Å². The molecule has 1 fully saturated rings. The molecule has 1 aliphatic heterocycles. The Labute approximate surface area is 145 Å². The standard InChI is InChI=1S/C16H21F3N2O2.ClH/c17-16(18,19)6-5-12-1-3-13(4-2-12)21-14(22)15(11-20)7-9-23-10-8-15;/h1-4H,5-11,20H2,(H,21,22);1H. The molecule has 4 nitrogen and oxygen atoms in total. The fraction of sp³-hybridized carbons (Fsp3) is 0.562. The molecule has 0 saturated carbocycles. The lowest BCUT2D eigenvalue weighted by Gasteiger charge is -2.34. The van der Waals surface area contributed by atoms with E-state index in [0.717, 1.165) is 0 Å². The van der Waals surface area contributed by atoms with Gasteiger partial charge in [-0.3, -0.25) is 4.79 Å². The van der Waals surface area contributed by atoms with Crippen LogP contribution in [-0.4, -0.2) is 31.8 Å². The lowest BCUT2D eigenvalue weighted by molar-refractivity contribution is -0.134. The molecule has 0 bridgehead atoms. The Morgan fingerprint density at radius 1 is 1.21 bits per heavy atom.